The van der Waals surface area contributed by atoms with Crippen molar-refractivity contribution in [3.05, 3.63) is 54.1 Å². The zero-order valence-electron chi connectivity index (χ0n) is 21.4. The van der Waals surface area contributed by atoms with Crippen molar-refractivity contribution in [2.45, 2.75) is 136 Å². The highest BCUT2D eigenvalue weighted by molar-refractivity contribution is 5.18. The van der Waals surface area contributed by atoms with Crippen LogP contribution in [0, 0.1) is 0 Å². The number of rotatable bonds is 20. The molecular weight excluding hydrogens is 388 g/mol. The van der Waals surface area contributed by atoms with Crippen molar-refractivity contribution in [1.29, 1.82) is 0 Å². The van der Waals surface area contributed by atoms with Gasteiger partial charge in [0, 0.05) is 0 Å². The SMILES string of the molecule is CCCCCCCCCCCCCCCn1cc[n+](CCCCC)c1Cc1ccccc1. The van der Waals surface area contributed by atoms with Crippen LogP contribution < -0.4 is 4.57 Å². The summed E-state index contributed by atoms with van der Waals surface area (Å²) < 4.78 is 5.03. The third-order valence-corrected chi connectivity index (χ3v) is 6.80. The Morgan fingerprint density at radius 1 is 0.625 bits per heavy atom. The summed E-state index contributed by atoms with van der Waals surface area (Å²) in [6, 6.07) is 11.0. The van der Waals surface area contributed by atoms with E-state index in [1.807, 2.05) is 0 Å². The van der Waals surface area contributed by atoms with Crippen LogP contribution in [0.2, 0.25) is 0 Å². The topological polar surface area (TPSA) is 8.81 Å². The molecule has 0 aliphatic rings. The van der Waals surface area contributed by atoms with E-state index < -0.39 is 0 Å². The molecule has 2 nitrogen and oxygen atoms in total. The molecule has 0 unspecified atom stereocenters. The summed E-state index contributed by atoms with van der Waals surface area (Å²) in [5, 5.41) is 0. The average Bonchev–Trinajstić information content (AvgIpc) is 3.19. The highest BCUT2D eigenvalue weighted by Gasteiger charge is 2.17. The van der Waals surface area contributed by atoms with Crippen molar-refractivity contribution in [3.63, 3.8) is 0 Å². The van der Waals surface area contributed by atoms with Crippen LogP contribution in [0.3, 0.4) is 0 Å². The van der Waals surface area contributed by atoms with E-state index in [1.54, 1.807) is 0 Å². The van der Waals surface area contributed by atoms with E-state index in [0.717, 1.165) is 13.0 Å². The molecular formula is C30H51N2+. The maximum atomic E-state index is 2.53. The van der Waals surface area contributed by atoms with E-state index in [4.69, 9.17) is 0 Å². The molecule has 180 valence electrons. The highest BCUT2D eigenvalue weighted by atomic mass is 15.1. The summed E-state index contributed by atoms with van der Waals surface area (Å²) in [4.78, 5) is 0. The number of hydrogen-bond donors (Lipinski definition) is 0. The van der Waals surface area contributed by atoms with Crippen molar-refractivity contribution in [2.24, 2.45) is 0 Å². The summed E-state index contributed by atoms with van der Waals surface area (Å²) >= 11 is 0. The van der Waals surface area contributed by atoms with Crippen LogP contribution >= 0.6 is 0 Å². The van der Waals surface area contributed by atoms with Gasteiger partial charge < -0.3 is 0 Å². The van der Waals surface area contributed by atoms with Gasteiger partial charge in [-0.2, -0.15) is 0 Å². The van der Waals surface area contributed by atoms with Crippen molar-refractivity contribution in [2.75, 3.05) is 0 Å². The Bertz CT molecular complexity index is 673. The van der Waals surface area contributed by atoms with E-state index in [-0.39, 0.29) is 0 Å². The van der Waals surface area contributed by atoms with Gasteiger partial charge in [-0.1, -0.05) is 121 Å². The summed E-state index contributed by atoms with van der Waals surface area (Å²) in [6.45, 7) is 6.91. The van der Waals surface area contributed by atoms with Crippen LogP contribution in [-0.2, 0) is 19.5 Å². The van der Waals surface area contributed by atoms with Gasteiger partial charge in [-0.3, -0.25) is 0 Å². The molecule has 0 saturated heterocycles. The quantitative estimate of drug-likeness (QED) is 0.144. The molecule has 0 saturated carbocycles. The molecule has 0 spiro atoms. The number of aromatic nitrogens is 2. The second-order valence-corrected chi connectivity index (χ2v) is 9.71. The fraction of sp³-hybridized carbons (Fsp3) is 0.700. The Balaban J connectivity index is 1.64. The molecule has 0 aliphatic carbocycles. The third kappa shape index (κ3) is 11.3. The first kappa shape index (κ1) is 26.7. The molecule has 0 amide bonds. The van der Waals surface area contributed by atoms with Gasteiger partial charge in [0.25, 0.3) is 5.82 Å². The Morgan fingerprint density at radius 2 is 1.16 bits per heavy atom. The summed E-state index contributed by atoms with van der Waals surface area (Å²) in [7, 11) is 0. The molecule has 0 N–H and O–H groups in total. The van der Waals surface area contributed by atoms with Crippen LogP contribution in [0.1, 0.15) is 128 Å². The van der Waals surface area contributed by atoms with E-state index in [1.165, 1.54) is 121 Å². The van der Waals surface area contributed by atoms with Gasteiger partial charge >= 0.3 is 0 Å². The number of hydrogen-bond acceptors (Lipinski definition) is 0. The first-order chi connectivity index (χ1) is 15.8. The largest absolute Gasteiger partial charge is 0.260 e. The maximum absolute atomic E-state index is 2.53. The lowest BCUT2D eigenvalue weighted by Gasteiger charge is -2.06. The molecule has 2 heteroatoms. The van der Waals surface area contributed by atoms with Crippen LogP contribution in [-0.4, -0.2) is 4.57 Å². The van der Waals surface area contributed by atoms with E-state index >= 15 is 0 Å². The summed E-state index contributed by atoms with van der Waals surface area (Å²) in [5.41, 5.74) is 1.42. The van der Waals surface area contributed by atoms with Gasteiger partial charge in [-0.05, 0) is 31.2 Å². The van der Waals surface area contributed by atoms with Crippen LogP contribution in [0.4, 0.5) is 0 Å². The van der Waals surface area contributed by atoms with Gasteiger partial charge in [0.05, 0.1) is 19.5 Å². The number of aryl methyl sites for hydroxylation is 2. The van der Waals surface area contributed by atoms with Crippen molar-refractivity contribution in [3.8, 4) is 0 Å². The normalized spacial score (nSPS) is 11.3. The first-order valence-electron chi connectivity index (χ1n) is 14.0. The molecule has 1 aromatic heterocycles. The number of imidazole rings is 1. The second kappa shape index (κ2) is 17.9. The van der Waals surface area contributed by atoms with Crippen LogP contribution in [0.5, 0.6) is 0 Å². The monoisotopic (exact) mass is 439 g/mol. The average molecular weight is 440 g/mol. The first-order valence-corrected chi connectivity index (χ1v) is 14.0. The Hall–Kier alpha value is -1.57. The smallest absolute Gasteiger partial charge is 0.234 e. The van der Waals surface area contributed by atoms with E-state index in [2.05, 4.69) is 65.7 Å². The predicted octanol–water partition coefficient (Wildman–Crippen LogP) is 8.65. The fourth-order valence-corrected chi connectivity index (χ4v) is 4.72. The Labute approximate surface area is 199 Å². The van der Waals surface area contributed by atoms with E-state index in [0.29, 0.717) is 0 Å². The minimum atomic E-state index is 1.04. The molecule has 0 aliphatic heterocycles. The van der Waals surface area contributed by atoms with Gasteiger partial charge in [0.2, 0.25) is 0 Å². The van der Waals surface area contributed by atoms with Gasteiger partial charge in [0.1, 0.15) is 12.4 Å². The van der Waals surface area contributed by atoms with Gasteiger partial charge in [0.15, 0.2) is 0 Å². The number of benzene rings is 1. The third-order valence-electron chi connectivity index (χ3n) is 6.80. The lowest BCUT2D eigenvalue weighted by atomic mass is 10.0. The van der Waals surface area contributed by atoms with Crippen molar-refractivity contribution in [1.82, 2.24) is 4.57 Å². The minimum Gasteiger partial charge on any atom is -0.234 e. The standard InChI is InChI=1S/C30H51N2/c1-3-5-7-8-9-10-11-12-13-14-15-16-21-25-32-27-26-31(24-20-6-4-2)30(32)28-29-22-18-17-19-23-29/h17-19,22-23,26-27H,3-16,20-21,24-25,28H2,1-2H3/q+1. The molecule has 0 fully saturated rings. The van der Waals surface area contributed by atoms with Crippen molar-refractivity contribution >= 4 is 0 Å². The van der Waals surface area contributed by atoms with Crippen LogP contribution in [0.15, 0.2) is 42.7 Å². The zero-order valence-corrected chi connectivity index (χ0v) is 21.4. The lowest BCUT2D eigenvalue weighted by Crippen LogP contribution is -2.37. The van der Waals surface area contributed by atoms with Crippen molar-refractivity contribution < 1.29 is 4.57 Å². The van der Waals surface area contributed by atoms with Gasteiger partial charge in [-0.25, -0.2) is 9.13 Å². The van der Waals surface area contributed by atoms with E-state index in [9.17, 15) is 0 Å². The Morgan fingerprint density at radius 3 is 1.75 bits per heavy atom. The molecule has 32 heavy (non-hydrogen) atoms. The molecule has 2 rings (SSSR count). The molecule has 0 radical (unpaired) electrons. The molecule has 1 aromatic carbocycles. The maximum Gasteiger partial charge on any atom is 0.260 e. The molecule has 0 atom stereocenters. The highest BCUT2D eigenvalue weighted by Crippen LogP contribution is 2.14. The molecule has 1 heterocycles. The lowest BCUT2D eigenvalue weighted by molar-refractivity contribution is -0.703. The Kier molecular flexibility index (Phi) is 14.9. The predicted molar refractivity (Wildman–Crippen MR) is 139 cm³/mol. The number of unbranched alkanes of at least 4 members (excludes halogenated alkanes) is 14. The van der Waals surface area contributed by atoms with Crippen LogP contribution in [0.25, 0.3) is 0 Å². The number of nitrogens with zero attached hydrogens (tertiary/aromatic N) is 2. The summed E-state index contributed by atoms with van der Waals surface area (Å²) in [6.07, 6.45) is 28.0. The second-order valence-electron chi connectivity index (χ2n) is 9.71. The van der Waals surface area contributed by atoms with Gasteiger partial charge in [-0.15, -0.1) is 0 Å². The minimum absolute atomic E-state index is 1.04. The fourth-order valence-electron chi connectivity index (χ4n) is 4.72. The molecule has 2 aromatic rings. The zero-order chi connectivity index (χ0) is 22.7. The molecule has 0 bridgehead atoms. The summed E-state index contributed by atoms with van der Waals surface area (Å²) in [5.74, 6) is 1.48.